The van der Waals surface area contributed by atoms with Crippen LogP contribution >= 0.6 is 11.3 Å². The number of hydrogen-bond acceptors (Lipinski definition) is 8. The lowest BCUT2D eigenvalue weighted by Crippen LogP contribution is -2.44. The highest BCUT2D eigenvalue weighted by Gasteiger charge is 2.33. The molecule has 11 heteroatoms. The van der Waals surface area contributed by atoms with E-state index in [1.807, 2.05) is 31.2 Å². The van der Waals surface area contributed by atoms with Crippen LogP contribution in [0.1, 0.15) is 61.8 Å². The van der Waals surface area contributed by atoms with Gasteiger partial charge in [-0.05, 0) is 37.8 Å². The molecule has 2 atom stereocenters. The number of carbonyl (C=O) groups excluding carboxylic acids is 1. The monoisotopic (exact) mass is 564 g/mol. The van der Waals surface area contributed by atoms with E-state index in [9.17, 15) is 14.4 Å². The highest BCUT2D eigenvalue weighted by Crippen LogP contribution is 2.38. The van der Waals surface area contributed by atoms with E-state index in [-0.39, 0.29) is 18.6 Å². The lowest BCUT2D eigenvalue weighted by Gasteiger charge is -2.29. The third kappa shape index (κ3) is 4.66. The molecule has 0 spiro atoms. The summed E-state index contributed by atoms with van der Waals surface area (Å²) in [4.78, 5) is 46.2. The van der Waals surface area contributed by atoms with Gasteiger partial charge in [-0.15, -0.1) is 11.3 Å². The van der Waals surface area contributed by atoms with E-state index in [1.165, 1.54) is 24.0 Å². The molecule has 6 rings (SSSR count). The Balaban J connectivity index is 1.55. The van der Waals surface area contributed by atoms with Gasteiger partial charge in [-0.25, -0.2) is 14.3 Å². The number of fused-ring (bicyclic) bond motifs is 1. The lowest BCUT2D eigenvalue weighted by atomic mass is 9.97. The Bertz CT molecular complexity index is 1650. The fraction of sp³-hybridized carbons (Fsp3) is 0.448. The molecule has 1 saturated heterocycles. The SMILES string of the molecule is COc1ccccc1[C@H](Cn1c(=O)n(C2CCNC2=O)c(=O)c2c(C)c(-c3ncco3)sc21)OC1CCCCC1. The van der Waals surface area contributed by atoms with Gasteiger partial charge in [0.25, 0.3) is 5.56 Å². The van der Waals surface area contributed by atoms with Crippen LogP contribution in [0.2, 0.25) is 0 Å². The van der Waals surface area contributed by atoms with Crippen molar-refractivity contribution in [3.63, 3.8) is 0 Å². The van der Waals surface area contributed by atoms with Crippen molar-refractivity contribution in [3.8, 4) is 16.5 Å². The first-order valence-corrected chi connectivity index (χ1v) is 14.5. The van der Waals surface area contributed by atoms with Crippen molar-refractivity contribution in [2.24, 2.45) is 0 Å². The van der Waals surface area contributed by atoms with Crippen LogP contribution in [-0.2, 0) is 16.1 Å². The molecule has 40 heavy (non-hydrogen) atoms. The molecule has 1 unspecified atom stereocenters. The van der Waals surface area contributed by atoms with Crippen molar-refractivity contribution in [3.05, 3.63) is 68.7 Å². The van der Waals surface area contributed by atoms with E-state index in [4.69, 9.17) is 13.9 Å². The van der Waals surface area contributed by atoms with E-state index in [0.717, 1.165) is 35.8 Å². The van der Waals surface area contributed by atoms with Crippen LogP contribution in [-0.4, -0.2) is 39.8 Å². The third-order valence-corrected chi connectivity index (χ3v) is 9.25. The number of methoxy groups -OCH3 is 1. The maximum absolute atomic E-state index is 14.2. The zero-order valence-corrected chi connectivity index (χ0v) is 23.4. The van der Waals surface area contributed by atoms with Gasteiger partial charge in [-0.1, -0.05) is 37.5 Å². The summed E-state index contributed by atoms with van der Waals surface area (Å²) in [6, 6.07) is 6.78. The zero-order valence-electron chi connectivity index (χ0n) is 22.6. The number of ether oxygens (including phenoxy) is 2. The van der Waals surface area contributed by atoms with Crippen LogP contribution in [0.4, 0.5) is 0 Å². The quantitative estimate of drug-likeness (QED) is 0.338. The summed E-state index contributed by atoms with van der Waals surface area (Å²) in [5.41, 5.74) is 0.474. The van der Waals surface area contributed by atoms with E-state index in [2.05, 4.69) is 10.3 Å². The van der Waals surface area contributed by atoms with Crippen molar-refractivity contribution in [1.29, 1.82) is 0 Å². The van der Waals surface area contributed by atoms with E-state index >= 15 is 0 Å². The summed E-state index contributed by atoms with van der Waals surface area (Å²) >= 11 is 1.29. The van der Waals surface area contributed by atoms with Crippen molar-refractivity contribution in [2.75, 3.05) is 13.7 Å². The number of hydrogen-bond donors (Lipinski definition) is 1. The van der Waals surface area contributed by atoms with Gasteiger partial charge < -0.3 is 19.2 Å². The minimum atomic E-state index is -0.871. The molecular weight excluding hydrogens is 532 g/mol. The van der Waals surface area contributed by atoms with Gasteiger partial charge in [0.05, 0.1) is 36.2 Å². The Labute approximate surface area is 234 Å². The molecule has 1 aliphatic heterocycles. The number of aromatic nitrogens is 3. The summed E-state index contributed by atoms with van der Waals surface area (Å²) in [7, 11) is 1.62. The van der Waals surface area contributed by atoms with E-state index < -0.39 is 23.4 Å². The molecule has 4 aromatic rings. The number of amides is 1. The number of nitrogens with zero attached hydrogens (tertiary/aromatic N) is 3. The van der Waals surface area contributed by atoms with E-state index in [0.29, 0.717) is 45.3 Å². The Morgan fingerprint density at radius 3 is 2.65 bits per heavy atom. The van der Waals surface area contributed by atoms with Gasteiger partial charge in [0.15, 0.2) is 0 Å². The molecule has 0 bridgehead atoms. The Morgan fingerprint density at radius 2 is 1.95 bits per heavy atom. The number of carbonyl (C=O) groups is 1. The van der Waals surface area contributed by atoms with Crippen LogP contribution < -0.4 is 21.3 Å². The number of benzene rings is 1. The van der Waals surface area contributed by atoms with Crippen molar-refractivity contribution in [2.45, 2.75) is 70.2 Å². The molecule has 10 nitrogen and oxygen atoms in total. The highest BCUT2D eigenvalue weighted by atomic mass is 32.1. The predicted octanol–water partition coefficient (Wildman–Crippen LogP) is 4.35. The Hall–Kier alpha value is -3.70. The number of rotatable bonds is 8. The number of nitrogens with one attached hydrogen (secondary N) is 1. The Morgan fingerprint density at radius 1 is 1.15 bits per heavy atom. The topological polar surface area (TPSA) is 118 Å². The molecule has 2 aliphatic rings. The lowest BCUT2D eigenvalue weighted by molar-refractivity contribution is -0.122. The van der Waals surface area contributed by atoms with Crippen LogP contribution in [0.3, 0.4) is 0 Å². The molecule has 0 radical (unpaired) electrons. The fourth-order valence-electron chi connectivity index (χ4n) is 5.91. The number of oxazole rings is 1. The molecular formula is C29H32N4O6S. The largest absolute Gasteiger partial charge is 0.496 e. The molecule has 1 aliphatic carbocycles. The number of thiophene rings is 1. The summed E-state index contributed by atoms with van der Waals surface area (Å²) < 4.78 is 20.7. The standard InChI is InChI=1S/C29H32N4O6S/c1-17-23-27(35)33(20-12-13-30-25(20)34)29(36)32(28(23)40-24(17)26-31-14-15-38-26)16-22(39-18-8-4-3-5-9-18)19-10-6-7-11-21(19)37-2/h6-7,10-11,14-15,18,20,22H,3-5,8-9,12-13,16H2,1-2H3,(H,30,34)/t20?,22-/m0/s1. The van der Waals surface area contributed by atoms with Crippen LogP contribution in [0, 0.1) is 6.92 Å². The predicted molar refractivity (Wildman–Crippen MR) is 151 cm³/mol. The first-order valence-electron chi connectivity index (χ1n) is 13.7. The van der Waals surface area contributed by atoms with Crippen LogP contribution in [0.15, 0.2) is 50.7 Å². The van der Waals surface area contributed by atoms with E-state index in [1.54, 1.807) is 17.9 Å². The molecule has 1 N–H and O–H groups in total. The smallest absolute Gasteiger partial charge is 0.332 e. The minimum Gasteiger partial charge on any atom is -0.496 e. The average molecular weight is 565 g/mol. The van der Waals surface area contributed by atoms with Gasteiger partial charge in [0.2, 0.25) is 11.8 Å². The first kappa shape index (κ1) is 26.5. The molecule has 1 aromatic carbocycles. The molecule has 1 saturated carbocycles. The second kappa shape index (κ2) is 11.1. The van der Waals surface area contributed by atoms with Crippen molar-refractivity contribution in [1.82, 2.24) is 19.4 Å². The van der Waals surface area contributed by atoms with Gasteiger partial charge in [0, 0.05) is 12.1 Å². The molecule has 2 fully saturated rings. The van der Waals surface area contributed by atoms with Crippen molar-refractivity contribution >= 4 is 27.5 Å². The summed E-state index contributed by atoms with van der Waals surface area (Å²) in [6.45, 7) is 2.38. The molecule has 210 valence electrons. The highest BCUT2D eigenvalue weighted by molar-refractivity contribution is 7.22. The Kier molecular flexibility index (Phi) is 7.33. The maximum atomic E-state index is 14.2. The van der Waals surface area contributed by atoms with Gasteiger partial charge in [0.1, 0.15) is 29.0 Å². The van der Waals surface area contributed by atoms with Gasteiger partial charge >= 0.3 is 5.69 Å². The summed E-state index contributed by atoms with van der Waals surface area (Å²) in [5, 5.41) is 3.14. The molecule has 4 heterocycles. The molecule has 1 amide bonds. The second-order valence-electron chi connectivity index (χ2n) is 10.4. The third-order valence-electron chi connectivity index (χ3n) is 7.94. The number of para-hydroxylation sites is 1. The average Bonchev–Trinajstić information content (AvgIpc) is 3.72. The van der Waals surface area contributed by atoms with Crippen molar-refractivity contribution < 1.29 is 18.7 Å². The normalized spacial score (nSPS) is 18.8. The maximum Gasteiger partial charge on any atom is 0.332 e. The zero-order chi connectivity index (χ0) is 27.8. The fourth-order valence-corrected chi connectivity index (χ4v) is 7.16. The molecule has 3 aromatic heterocycles. The van der Waals surface area contributed by atoms with Crippen LogP contribution in [0.25, 0.3) is 21.0 Å². The summed E-state index contributed by atoms with van der Waals surface area (Å²) in [6.07, 6.45) is 8.19. The minimum absolute atomic E-state index is 0.0503. The number of aryl methyl sites for hydroxylation is 1. The van der Waals surface area contributed by atoms with Gasteiger partial charge in [-0.3, -0.25) is 14.2 Å². The first-order chi connectivity index (χ1) is 19.5. The van der Waals surface area contributed by atoms with Gasteiger partial charge in [-0.2, -0.15) is 0 Å². The van der Waals surface area contributed by atoms with Crippen LogP contribution in [0.5, 0.6) is 5.75 Å². The second-order valence-corrected chi connectivity index (χ2v) is 11.4. The summed E-state index contributed by atoms with van der Waals surface area (Å²) in [5.74, 6) is 0.714.